The Morgan fingerprint density at radius 1 is 1.14 bits per heavy atom. The molecule has 5 rings (SSSR count). The number of hydrogen-bond donors (Lipinski definition) is 0. The molecule has 0 aromatic carbocycles. The van der Waals surface area contributed by atoms with Gasteiger partial charge in [0.05, 0.1) is 41.9 Å². The van der Waals surface area contributed by atoms with Crippen LogP contribution in [-0.2, 0) is 31.9 Å². The standard InChI is InChI=1S/C31H42N7O4S/c1-31(2,3)42-30(40)37-10-6-7-23(37)18-27(39)36-13-11-35(12-14-36)25-8-9-33-29-28(25)24-17-22(19-32)34-20-26(24)38(29)21-41-15-16-43(4)5/h8-9,17,20,23H,6-7,10-16,18,21H2,1-5H3/q+1/t23-/m0/s1. The van der Waals surface area contributed by atoms with E-state index in [1.54, 1.807) is 11.1 Å². The summed E-state index contributed by atoms with van der Waals surface area (Å²) in [6.07, 6.45) is 9.60. The van der Waals surface area contributed by atoms with Gasteiger partial charge in [-0.1, -0.05) is 0 Å². The number of nitrogens with zero attached hydrogens (tertiary/aromatic N) is 7. The van der Waals surface area contributed by atoms with Crippen molar-refractivity contribution in [1.29, 1.82) is 5.26 Å². The lowest BCUT2D eigenvalue weighted by molar-refractivity contribution is -0.132. The highest BCUT2D eigenvalue weighted by atomic mass is 32.2. The van der Waals surface area contributed by atoms with E-state index in [1.165, 1.54) is 0 Å². The molecule has 230 valence electrons. The third-order valence-electron chi connectivity index (χ3n) is 7.97. The number of hydrogen-bond acceptors (Lipinski definition) is 8. The third-order valence-corrected chi connectivity index (χ3v) is 8.95. The van der Waals surface area contributed by atoms with Crippen molar-refractivity contribution in [2.45, 2.75) is 58.4 Å². The van der Waals surface area contributed by atoms with Crippen LogP contribution in [0.5, 0.6) is 0 Å². The number of piperazine rings is 1. The highest BCUT2D eigenvalue weighted by molar-refractivity contribution is 7.95. The van der Waals surface area contributed by atoms with E-state index >= 15 is 0 Å². The summed E-state index contributed by atoms with van der Waals surface area (Å²) in [5, 5.41) is 11.4. The molecule has 2 fully saturated rings. The van der Waals surface area contributed by atoms with Crippen molar-refractivity contribution in [3.05, 3.63) is 30.2 Å². The highest BCUT2D eigenvalue weighted by Gasteiger charge is 2.35. The van der Waals surface area contributed by atoms with Gasteiger partial charge in [-0.25, -0.2) is 14.8 Å². The lowest BCUT2D eigenvalue weighted by Gasteiger charge is -2.37. The molecule has 0 N–H and O–H groups in total. The first-order chi connectivity index (χ1) is 20.6. The molecular weight excluding hydrogens is 566 g/mol. The van der Waals surface area contributed by atoms with Gasteiger partial charge in [0.2, 0.25) is 5.91 Å². The number of carbonyl (C=O) groups is 2. The molecule has 0 spiro atoms. The summed E-state index contributed by atoms with van der Waals surface area (Å²) in [7, 11) is 0.299. The summed E-state index contributed by atoms with van der Waals surface area (Å²) in [6, 6.07) is 5.87. The van der Waals surface area contributed by atoms with Gasteiger partial charge in [0.25, 0.3) is 0 Å². The molecule has 0 saturated carbocycles. The number of rotatable bonds is 8. The third kappa shape index (κ3) is 6.99. The molecule has 2 aliphatic heterocycles. The summed E-state index contributed by atoms with van der Waals surface area (Å²) in [5.41, 5.74) is 2.47. The van der Waals surface area contributed by atoms with Crippen LogP contribution in [0.2, 0.25) is 0 Å². The van der Waals surface area contributed by atoms with Crippen molar-refractivity contribution in [2.75, 3.05) is 62.5 Å². The van der Waals surface area contributed by atoms with E-state index in [4.69, 9.17) is 14.5 Å². The fourth-order valence-electron chi connectivity index (χ4n) is 5.85. The number of ether oxygens (including phenoxy) is 2. The van der Waals surface area contributed by atoms with Crippen LogP contribution in [0, 0.1) is 11.3 Å². The van der Waals surface area contributed by atoms with Crippen molar-refractivity contribution in [3.63, 3.8) is 0 Å². The Morgan fingerprint density at radius 3 is 2.60 bits per heavy atom. The van der Waals surface area contributed by atoms with Crippen molar-refractivity contribution < 1.29 is 19.1 Å². The fraction of sp³-hybridized carbons (Fsp3) is 0.581. The van der Waals surface area contributed by atoms with Gasteiger partial charge in [-0.05, 0) is 56.6 Å². The van der Waals surface area contributed by atoms with Crippen molar-refractivity contribution in [3.8, 4) is 6.07 Å². The van der Waals surface area contributed by atoms with Gasteiger partial charge in [0.15, 0.2) is 0 Å². The van der Waals surface area contributed by atoms with E-state index in [-0.39, 0.29) is 18.0 Å². The molecule has 2 amide bonds. The first-order valence-electron chi connectivity index (χ1n) is 14.9. The molecule has 0 bridgehead atoms. The molecule has 11 nitrogen and oxygen atoms in total. The fourth-order valence-corrected chi connectivity index (χ4v) is 6.31. The van der Waals surface area contributed by atoms with Crippen molar-refractivity contribution >= 4 is 50.5 Å². The number of pyridine rings is 2. The molecular formula is C31H42N7O4S+. The zero-order valence-electron chi connectivity index (χ0n) is 25.8. The predicted octanol–water partition coefficient (Wildman–Crippen LogP) is 3.75. The molecule has 12 heteroatoms. The normalized spacial score (nSPS) is 17.7. The summed E-state index contributed by atoms with van der Waals surface area (Å²) in [6.45, 7) is 9.72. The molecule has 2 saturated heterocycles. The number of amides is 2. The van der Waals surface area contributed by atoms with Crippen LogP contribution in [0.15, 0.2) is 24.5 Å². The van der Waals surface area contributed by atoms with Gasteiger partial charge in [-0.3, -0.25) is 9.36 Å². The minimum absolute atomic E-state index is 0.0699. The second-order valence-corrected chi connectivity index (χ2v) is 14.8. The second kappa shape index (κ2) is 13.0. The number of aromatic nitrogens is 3. The molecule has 1 atom stereocenters. The molecule has 0 radical (unpaired) electrons. The average molecular weight is 609 g/mol. The maximum Gasteiger partial charge on any atom is 0.410 e. The van der Waals surface area contributed by atoms with Gasteiger partial charge >= 0.3 is 6.09 Å². The van der Waals surface area contributed by atoms with Crippen molar-refractivity contribution in [1.82, 2.24) is 24.3 Å². The maximum absolute atomic E-state index is 13.3. The Morgan fingerprint density at radius 2 is 1.91 bits per heavy atom. The van der Waals surface area contributed by atoms with E-state index in [1.807, 2.05) is 48.6 Å². The lowest BCUT2D eigenvalue weighted by Crippen LogP contribution is -2.50. The summed E-state index contributed by atoms with van der Waals surface area (Å²) in [4.78, 5) is 41.0. The minimum atomic E-state index is -0.566. The first kappa shape index (κ1) is 30.9. The van der Waals surface area contributed by atoms with Gasteiger partial charge in [-0.15, -0.1) is 0 Å². The SMILES string of the molecule is C[S+](C)CCOCn1c2cnc(C#N)cc2c2c(N3CCN(C(=O)C[C@@H]4CCCN4C(=O)OC(C)(C)C)CC3)ccnc21. The van der Waals surface area contributed by atoms with Gasteiger partial charge < -0.3 is 24.2 Å². The highest BCUT2D eigenvalue weighted by Crippen LogP contribution is 2.36. The Labute approximate surface area is 256 Å². The molecule has 43 heavy (non-hydrogen) atoms. The number of nitriles is 1. The smallest absolute Gasteiger partial charge is 0.410 e. The molecule has 2 aliphatic rings. The van der Waals surface area contributed by atoms with Gasteiger partial charge in [-0.2, -0.15) is 5.26 Å². The van der Waals surface area contributed by atoms with Crippen LogP contribution in [-0.4, -0.2) is 106 Å². The number of carbonyl (C=O) groups excluding carboxylic acids is 2. The lowest BCUT2D eigenvalue weighted by atomic mass is 10.1. The molecule has 0 aliphatic carbocycles. The largest absolute Gasteiger partial charge is 0.444 e. The molecule has 3 aromatic rings. The van der Waals surface area contributed by atoms with E-state index in [0.29, 0.717) is 69.1 Å². The maximum atomic E-state index is 13.3. The van der Waals surface area contributed by atoms with Crippen LogP contribution < -0.4 is 4.90 Å². The van der Waals surface area contributed by atoms with Crippen molar-refractivity contribution in [2.24, 2.45) is 0 Å². The van der Waals surface area contributed by atoms with E-state index in [2.05, 4.69) is 28.5 Å². The van der Waals surface area contributed by atoms with Crippen LogP contribution in [0.25, 0.3) is 21.9 Å². The Kier molecular flexibility index (Phi) is 9.32. The van der Waals surface area contributed by atoms with Gasteiger partial charge in [0, 0.05) is 56.8 Å². The minimum Gasteiger partial charge on any atom is -0.444 e. The molecule has 3 aromatic heterocycles. The van der Waals surface area contributed by atoms with Crippen LogP contribution in [0.4, 0.5) is 10.5 Å². The van der Waals surface area contributed by atoms with E-state index in [0.717, 1.165) is 46.2 Å². The zero-order valence-corrected chi connectivity index (χ0v) is 26.7. The molecule has 5 heterocycles. The molecule has 0 unspecified atom stereocenters. The predicted molar refractivity (Wildman–Crippen MR) is 169 cm³/mol. The number of fused-ring (bicyclic) bond motifs is 3. The summed E-state index contributed by atoms with van der Waals surface area (Å²) >= 11 is 0. The topological polar surface area (TPSA) is 117 Å². The van der Waals surface area contributed by atoms with Gasteiger partial charge in [0.1, 0.15) is 35.5 Å². The first-order valence-corrected chi connectivity index (χ1v) is 17.1. The quantitative estimate of drug-likeness (QED) is 0.281. The Hall–Kier alpha value is -3.56. The van der Waals surface area contributed by atoms with E-state index < -0.39 is 5.60 Å². The Balaban J connectivity index is 1.31. The summed E-state index contributed by atoms with van der Waals surface area (Å²) in [5.74, 6) is 1.07. The van der Waals surface area contributed by atoms with E-state index in [9.17, 15) is 14.9 Å². The zero-order chi connectivity index (χ0) is 30.7. The monoisotopic (exact) mass is 608 g/mol. The second-order valence-electron chi connectivity index (χ2n) is 12.4. The number of likely N-dealkylation sites (tertiary alicyclic amines) is 1. The summed E-state index contributed by atoms with van der Waals surface area (Å²) < 4.78 is 13.6. The average Bonchev–Trinajstić information content (AvgIpc) is 3.56. The Bertz CT molecular complexity index is 1520. The van der Waals surface area contributed by atoms with Crippen LogP contribution >= 0.6 is 0 Å². The van der Waals surface area contributed by atoms with Crippen LogP contribution in [0.3, 0.4) is 0 Å². The van der Waals surface area contributed by atoms with Crippen LogP contribution in [0.1, 0.15) is 45.7 Å². The number of anilines is 1.